The Balaban J connectivity index is 2.09. The zero-order chi connectivity index (χ0) is 15.6. The van der Waals surface area contributed by atoms with Crippen LogP contribution in [0.25, 0.3) is 0 Å². The van der Waals surface area contributed by atoms with Crippen LogP contribution in [0.1, 0.15) is 23.3 Å². The van der Waals surface area contributed by atoms with Crippen LogP contribution < -0.4 is 0 Å². The molecule has 8 heteroatoms. The number of aromatic carboxylic acids is 1. The fraction of sp³-hybridized carbons (Fsp3) is 0.615. The van der Waals surface area contributed by atoms with Gasteiger partial charge in [0.1, 0.15) is 10.6 Å². The summed E-state index contributed by atoms with van der Waals surface area (Å²) in [6.07, 6.45) is 3.67. The number of sulfonamides is 1. The summed E-state index contributed by atoms with van der Waals surface area (Å²) in [5, 5.41) is 8.99. The molecule has 1 aromatic heterocycles. The second kappa shape index (κ2) is 6.17. The van der Waals surface area contributed by atoms with Crippen molar-refractivity contribution in [3.05, 3.63) is 18.0 Å². The van der Waals surface area contributed by atoms with E-state index in [0.29, 0.717) is 13.1 Å². The lowest BCUT2D eigenvalue weighted by molar-refractivity contribution is 0.0686. The molecule has 1 aliphatic rings. The Labute approximate surface area is 124 Å². The van der Waals surface area contributed by atoms with E-state index >= 15 is 0 Å². The van der Waals surface area contributed by atoms with Gasteiger partial charge < -0.3 is 14.6 Å². The van der Waals surface area contributed by atoms with E-state index in [2.05, 4.69) is 4.90 Å². The molecule has 118 valence electrons. The van der Waals surface area contributed by atoms with Gasteiger partial charge in [-0.1, -0.05) is 0 Å². The van der Waals surface area contributed by atoms with Crippen molar-refractivity contribution in [2.75, 3.05) is 33.2 Å². The number of carboxylic acid groups (broad SMARTS) is 1. The van der Waals surface area contributed by atoms with Gasteiger partial charge in [-0.15, -0.1) is 0 Å². The first-order chi connectivity index (χ1) is 9.82. The fourth-order valence-corrected chi connectivity index (χ4v) is 3.71. The summed E-state index contributed by atoms with van der Waals surface area (Å²) in [7, 11) is -0.596. The van der Waals surface area contributed by atoms with Crippen LogP contribution in [0, 0.1) is 0 Å². The van der Waals surface area contributed by atoms with Gasteiger partial charge in [-0.05, 0) is 32.0 Å². The van der Waals surface area contributed by atoms with E-state index in [0.717, 1.165) is 25.9 Å². The lowest BCUT2D eigenvalue weighted by Crippen LogP contribution is -2.35. The van der Waals surface area contributed by atoms with Crippen LogP contribution in [-0.4, -0.2) is 66.5 Å². The molecule has 0 aromatic carbocycles. The molecule has 0 atom stereocenters. The first-order valence-corrected chi connectivity index (χ1v) is 8.34. The highest BCUT2D eigenvalue weighted by molar-refractivity contribution is 7.89. The number of likely N-dealkylation sites (N-methyl/N-ethyl adjacent to an activating group) is 1. The summed E-state index contributed by atoms with van der Waals surface area (Å²) in [6, 6.07) is 1.20. The largest absolute Gasteiger partial charge is 0.477 e. The van der Waals surface area contributed by atoms with Crippen molar-refractivity contribution in [3.63, 3.8) is 0 Å². The number of nitrogens with zero attached hydrogens (tertiary/aromatic N) is 3. The van der Waals surface area contributed by atoms with Gasteiger partial charge in [0.25, 0.3) is 0 Å². The highest BCUT2D eigenvalue weighted by Crippen LogP contribution is 2.18. The van der Waals surface area contributed by atoms with E-state index in [1.165, 1.54) is 35.2 Å². The molecule has 0 amide bonds. The van der Waals surface area contributed by atoms with Gasteiger partial charge >= 0.3 is 5.97 Å². The maximum atomic E-state index is 12.4. The molecule has 0 unspecified atom stereocenters. The monoisotopic (exact) mass is 315 g/mol. The molecule has 2 heterocycles. The second-order valence-electron chi connectivity index (χ2n) is 5.35. The Morgan fingerprint density at radius 1 is 1.38 bits per heavy atom. The molecule has 1 aromatic rings. The van der Waals surface area contributed by atoms with Crippen LogP contribution in [0.2, 0.25) is 0 Å². The molecule has 1 saturated heterocycles. The molecular weight excluding hydrogens is 294 g/mol. The number of carboxylic acids is 1. The first-order valence-electron chi connectivity index (χ1n) is 6.90. The third-order valence-corrected chi connectivity index (χ3v) is 5.66. The van der Waals surface area contributed by atoms with Gasteiger partial charge in [0, 0.05) is 33.4 Å². The van der Waals surface area contributed by atoms with Crippen LogP contribution in [0.3, 0.4) is 0 Å². The molecule has 21 heavy (non-hydrogen) atoms. The first kappa shape index (κ1) is 16.0. The average Bonchev–Trinajstić information content (AvgIpc) is 3.04. The summed E-state index contributed by atoms with van der Waals surface area (Å²) in [5.41, 5.74) is -0.0403. The lowest BCUT2D eigenvalue weighted by Gasteiger charge is -2.20. The van der Waals surface area contributed by atoms with Crippen molar-refractivity contribution < 1.29 is 18.3 Å². The van der Waals surface area contributed by atoms with Gasteiger partial charge in [-0.25, -0.2) is 13.2 Å². The van der Waals surface area contributed by atoms with E-state index in [1.54, 1.807) is 0 Å². The molecule has 1 N–H and O–H groups in total. The second-order valence-corrected chi connectivity index (χ2v) is 7.40. The van der Waals surface area contributed by atoms with Gasteiger partial charge in [0.2, 0.25) is 10.0 Å². The Morgan fingerprint density at radius 3 is 2.52 bits per heavy atom. The van der Waals surface area contributed by atoms with Gasteiger partial charge in [-0.3, -0.25) is 0 Å². The van der Waals surface area contributed by atoms with Gasteiger partial charge in [0.05, 0.1) is 0 Å². The number of hydrogen-bond donors (Lipinski definition) is 1. The van der Waals surface area contributed by atoms with Crippen molar-refractivity contribution in [2.24, 2.45) is 7.05 Å². The maximum Gasteiger partial charge on any atom is 0.352 e. The Morgan fingerprint density at radius 2 is 2.00 bits per heavy atom. The molecule has 1 aliphatic heterocycles. The highest BCUT2D eigenvalue weighted by Gasteiger charge is 2.25. The summed E-state index contributed by atoms with van der Waals surface area (Å²) in [6.45, 7) is 3.14. The number of carbonyl (C=O) groups is 1. The molecular formula is C13H21N3O4S. The van der Waals surface area contributed by atoms with Crippen LogP contribution in [0.5, 0.6) is 0 Å². The lowest BCUT2D eigenvalue weighted by atomic mass is 10.4. The van der Waals surface area contributed by atoms with E-state index < -0.39 is 16.0 Å². The number of aromatic nitrogens is 1. The smallest absolute Gasteiger partial charge is 0.352 e. The number of rotatable bonds is 6. The molecule has 7 nitrogen and oxygen atoms in total. The number of aryl methyl sites for hydroxylation is 1. The van der Waals surface area contributed by atoms with Crippen LogP contribution in [0.15, 0.2) is 17.2 Å². The van der Waals surface area contributed by atoms with Crippen molar-refractivity contribution in [3.8, 4) is 0 Å². The van der Waals surface area contributed by atoms with Crippen LogP contribution >= 0.6 is 0 Å². The quantitative estimate of drug-likeness (QED) is 0.823. The minimum absolute atomic E-state index is 0.0197. The van der Waals surface area contributed by atoms with Crippen LogP contribution in [0.4, 0.5) is 0 Å². The zero-order valence-corrected chi connectivity index (χ0v) is 13.1. The van der Waals surface area contributed by atoms with Crippen LogP contribution in [-0.2, 0) is 17.1 Å². The predicted octanol–water partition coefficient (Wildman–Crippen LogP) is 0.440. The molecule has 0 aliphatic carbocycles. The van der Waals surface area contributed by atoms with Crippen molar-refractivity contribution >= 4 is 16.0 Å². The minimum atomic E-state index is -3.64. The average molecular weight is 315 g/mol. The van der Waals surface area contributed by atoms with E-state index in [-0.39, 0.29) is 10.6 Å². The summed E-state index contributed by atoms with van der Waals surface area (Å²) in [5.74, 6) is -1.14. The normalized spacial score (nSPS) is 16.7. The molecule has 0 radical (unpaired) electrons. The van der Waals surface area contributed by atoms with Gasteiger partial charge in [0.15, 0.2) is 0 Å². The van der Waals surface area contributed by atoms with E-state index in [9.17, 15) is 13.2 Å². The van der Waals surface area contributed by atoms with Crippen molar-refractivity contribution in [1.82, 2.24) is 13.8 Å². The Bertz CT molecular complexity index is 617. The minimum Gasteiger partial charge on any atom is -0.477 e. The van der Waals surface area contributed by atoms with Crippen molar-refractivity contribution in [1.29, 1.82) is 0 Å². The predicted molar refractivity (Wildman–Crippen MR) is 77.9 cm³/mol. The molecule has 2 rings (SSSR count). The molecule has 1 fully saturated rings. The highest BCUT2D eigenvalue weighted by atomic mass is 32.2. The fourth-order valence-electron chi connectivity index (χ4n) is 2.48. The number of likely N-dealkylation sites (tertiary alicyclic amines) is 1. The maximum absolute atomic E-state index is 12.4. The van der Waals surface area contributed by atoms with Crippen molar-refractivity contribution in [2.45, 2.75) is 17.7 Å². The standard InChI is InChI=1S/C13H21N3O4S/c1-14-10-11(9-12(14)13(17)18)21(19,20)15(2)7-8-16-5-3-4-6-16/h9-10H,3-8H2,1-2H3,(H,17,18). The molecule has 0 saturated carbocycles. The van der Waals surface area contributed by atoms with E-state index in [4.69, 9.17) is 5.11 Å². The Hall–Kier alpha value is -1.38. The third kappa shape index (κ3) is 3.45. The topological polar surface area (TPSA) is 82.8 Å². The summed E-state index contributed by atoms with van der Waals surface area (Å²) >= 11 is 0. The third-order valence-electron chi connectivity index (χ3n) is 3.84. The summed E-state index contributed by atoms with van der Waals surface area (Å²) in [4.78, 5) is 13.3. The molecule has 0 bridgehead atoms. The van der Waals surface area contributed by atoms with E-state index in [1.807, 2.05) is 0 Å². The SMILES string of the molecule is CN(CCN1CCCC1)S(=O)(=O)c1cc(C(=O)O)n(C)c1. The van der Waals surface area contributed by atoms with Gasteiger partial charge in [-0.2, -0.15) is 4.31 Å². The number of hydrogen-bond acceptors (Lipinski definition) is 4. The summed E-state index contributed by atoms with van der Waals surface area (Å²) < 4.78 is 27.4. The molecule has 0 spiro atoms. The Kier molecular flexibility index (Phi) is 4.70. The zero-order valence-electron chi connectivity index (χ0n) is 12.3.